The topological polar surface area (TPSA) is 46.6 Å². The van der Waals surface area contributed by atoms with Crippen LogP contribution in [0.4, 0.5) is 5.69 Å². The Hall–Kier alpha value is -2.36. The number of nitrogens with zero attached hydrogens (tertiary/aromatic N) is 1. The lowest BCUT2D eigenvalue weighted by atomic mass is 10.00. The third-order valence-electron chi connectivity index (χ3n) is 3.96. The minimum absolute atomic E-state index is 0.0674. The number of carbonyl (C=O) groups excluding carboxylic acids is 2. The van der Waals surface area contributed by atoms with Gasteiger partial charge in [-0.05, 0) is 37.8 Å². The van der Waals surface area contributed by atoms with E-state index in [9.17, 15) is 9.59 Å². The second-order valence-electron chi connectivity index (χ2n) is 6.92. The molecule has 3 rings (SSSR count). The molecule has 1 amide bonds. The summed E-state index contributed by atoms with van der Waals surface area (Å²) in [6, 6.07) is 11.6. The normalized spacial score (nSPS) is 16.7. The lowest BCUT2D eigenvalue weighted by molar-refractivity contribution is -0.155. The summed E-state index contributed by atoms with van der Waals surface area (Å²) >= 11 is 0. The average molecular weight is 311 g/mol. The second kappa shape index (κ2) is 5.37. The minimum Gasteiger partial charge on any atom is -0.460 e. The summed E-state index contributed by atoms with van der Waals surface area (Å²) in [6.45, 7) is 7.07. The van der Waals surface area contributed by atoms with E-state index in [2.05, 4.69) is 0 Å². The molecule has 0 saturated heterocycles. The van der Waals surface area contributed by atoms with E-state index < -0.39 is 5.60 Å². The highest BCUT2D eigenvalue weighted by atomic mass is 16.6. The molecule has 0 N–H and O–H groups in total. The summed E-state index contributed by atoms with van der Waals surface area (Å²) in [4.78, 5) is 26.2. The van der Waals surface area contributed by atoms with Crippen molar-refractivity contribution in [1.82, 2.24) is 0 Å². The molecule has 4 nitrogen and oxygen atoms in total. The van der Waals surface area contributed by atoms with Crippen molar-refractivity contribution in [3.05, 3.63) is 42.0 Å². The van der Waals surface area contributed by atoms with Crippen LogP contribution in [0.5, 0.6) is 0 Å². The molecule has 1 heterocycles. The maximum atomic E-state index is 12.3. The first-order valence-corrected chi connectivity index (χ1v) is 7.81. The lowest BCUT2D eigenvalue weighted by Crippen LogP contribution is -2.33. The number of anilines is 1. The highest BCUT2D eigenvalue weighted by Gasteiger charge is 2.36. The summed E-state index contributed by atoms with van der Waals surface area (Å²) in [6.07, 6.45) is 0.157. The fourth-order valence-electron chi connectivity index (χ4n) is 3.27. The van der Waals surface area contributed by atoms with Crippen molar-refractivity contribution in [2.75, 3.05) is 4.90 Å². The zero-order valence-electron chi connectivity index (χ0n) is 13.9. The molecule has 0 aliphatic carbocycles. The van der Waals surface area contributed by atoms with E-state index in [1.54, 1.807) is 4.90 Å². The maximum Gasteiger partial charge on any atom is 0.308 e. The first-order valence-electron chi connectivity index (χ1n) is 7.81. The summed E-state index contributed by atoms with van der Waals surface area (Å²) in [5.74, 6) is -0.360. The molecule has 0 fully saturated rings. The predicted octanol–water partition coefficient (Wildman–Crippen LogP) is 3.98. The van der Waals surface area contributed by atoms with Crippen LogP contribution in [0, 0.1) is 0 Å². The van der Waals surface area contributed by atoms with Crippen LogP contribution in [0.2, 0.25) is 0 Å². The molecule has 1 aliphatic heterocycles. The summed E-state index contributed by atoms with van der Waals surface area (Å²) in [5, 5.41) is 2.14. The van der Waals surface area contributed by atoms with Gasteiger partial charge in [0, 0.05) is 12.3 Å². The van der Waals surface area contributed by atoms with Gasteiger partial charge in [0.15, 0.2) is 0 Å². The number of ether oxygens (including phenoxy) is 1. The van der Waals surface area contributed by atoms with E-state index in [1.807, 2.05) is 57.2 Å². The molecule has 23 heavy (non-hydrogen) atoms. The van der Waals surface area contributed by atoms with Crippen molar-refractivity contribution in [2.45, 2.75) is 45.8 Å². The van der Waals surface area contributed by atoms with E-state index in [4.69, 9.17) is 4.74 Å². The highest BCUT2D eigenvalue weighted by molar-refractivity contribution is 6.09. The highest BCUT2D eigenvalue weighted by Crippen LogP contribution is 2.45. The molecular weight excluding hydrogens is 290 g/mol. The summed E-state index contributed by atoms with van der Waals surface area (Å²) in [5.41, 5.74) is 1.36. The molecule has 120 valence electrons. The molecule has 0 bridgehead atoms. The van der Waals surface area contributed by atoms with Gasteiger partial charge in [0.25, 0.3) is 0 Å². The standard InChI is InChI=1S/C19H21NO3/c1-12(21)20-15-10-6-8-13-7-5-9-14(18(13)15)16(20)11-17(22)23-19(2,3)4/h5-10,16H,11H2,1-4H3. The van der Waals surface area contributed by atoms with Crippen molar-refractivity contribution in [1.29, 1.82) is 0 Å². The van der Waals surface area contributed by atoms with Gasteiger partial charge in [-0.3, -0.25) is 9.59 Å². The monoisotopic (exact) mass is 311 g/mol. The van der Waals surface area contributed by atoms with Crippen molar-refractivity contribution >= 4 is 28.3 Å². The van der Waals surface area contributed by atoms with Gasteiger partial charge >= 0.3 is 5.97 Å². The molecule has 4 heteroatoms. The molecule has 0 aromatic heterocycles. The zero-order valence-corrected chi connectivity index (χ0v) is 13.9. The first-order chi connectivity index (χ1) is 10.8. The van der Waals surface area contributed by atoms with Crippen LogP contribution >= 0.6 is 0 Å². The van der Waals surface area contributed by atoms with Gasteiger partial charge in [-0.1, -0.05) is 30.3 Å². The predicted molar refractivity (Wildman–Crippen MR) is 90.3 cm³/mol. The number of hydrogen-bond acceptors (Lipinski definition) is 3. The van der Waals surface area contributed by atoms with Crippen molar-refractivity contribution in [2.24, 2.45) is 0 Å². The summed E-state index contributed by atoms with van der Waals surface area (Å²) in [7, 11) is 0. The molecule has 1 unspecified atom stereocenters. The largest absolute Gasteiger partial charge is 0.460 e. The van der Waals surface area contributed by atoms with E-state index in [0.29, 0.717) is 0 Å². The smallest absolute Gasteiger partial charge is 0.308 e. The fourth-order valence-corrected chi connectivity index (χ4v) is 3.27. The van der Waals surface area contributed by atoms with Crippen molar-refractivity contribution < 1.29 is 14.3 Å². The molecule has 2 aromatic rings. The maximum absolute atomic E-state index is 12.3. The Morgan fingerprint density at radius 1 is 1.13 bits per heavy atom. The van der Waals surface area contributed by atoms with Gasteiger partial charge in [-0.25, -0.2) is 0 Å². The molecular formula is C19H21NO3. The van der Waals surface area contributed by atoms with E-state index in [0.717, 1.165) is 22.0 Å². The Morgan fingerprint density at radius 3 is 2.39 bits per heavy atom. The van der Waals surface area contributed by atoms with Gasteiger partial charge < -0.3 is 9.64 Å². The quantitative estimate of drug-likeness (QED) is 0.788. The van der Waals surface area contributed by atoms with Gasteiger partial charge in [-0.2, -0.15) is 0 Å². The molecule has 2 aromatic carbocycles. The van der Waals surface area contributed by atoms with Crippen LogP contribution in [-0.2, 0) is 14.3 Å². The van der Waals surface area contributed by atoms with E-state index in [-0.39, 0.29) is 24.3 Å². The molecule has 0 spiro atoms. The van der Waals surface area contributed by atoms with Gasteiger partial charge in [0.1, 0.15) is 5.60 Å². The number of benzene rings is 2. The molecule has 0 saturated carbocycles. The Morgan fingerprint density at radius 2 is 1.78 bits per heavy atom. The molecule has 1 aliphatic rings. The molecule has 0 radical (unpaired) electrons. The number of hydrogen-bond donors (Lipinski definition) is 0. The Kier molecular flexibility index (Phi) is 3.63. The molecule has 1 atom stereocenters. The van der Waals surface area contributed by atoms with E-state index >= 15 is 0 Å². The van der Waals surface area contributed by atoms with Gasteiger partial charge in [0.2, 0.25) is 5.91 Å². The third-order valence-corrected chi connectivity index (χ3v) is 3.96. The lowest BCUT2D eigenvalue weighted by Gasteiger charge is -2.26. The van der Waals surface area contributed by atoms with Crippen LogP contribution in [-0.4, -0.2) is 17.5 Å². The Labute approximate surface area is 136 Å². The first kappa shape index (κ1) is 15.5. The van der Waals surface area contributed by atoms with Crippen molar-refractivity contribution in [3.63, 3.8) is 0 Å². The Balaban J connectivity index is 2.02. The number of rotatable bonds is 2. The third kappa shape index (κ3) is 2.81. The van der Waals surface area contributed by atoms with Crippen molar-refractivity contribution in [3.8, 4) is 0 Å². The van der Waals surface area contributed by atoms with Crippen LogP contribution < -0.4 is 4.90 Å². The SMILES string of the molecule is CC(=O)N1c2cccc3cccc(c23)C1CC(=O)OC(C)(C)C. The number of carbonyl (C=O) groups is 2. The van der Waals surface area contributed by atoms with Gasteiger partial charge in [-0.15, -0.1) is 0 Å². The van der Waals surface area contributed by atoms with Crippen LogP contribution in [0.3, 0.4) is 0 Å². The number of amides is 1. The Bertz CT molecular complexity index is 784. The number of esters is 1. The second-order valence-corrected chi connectivity index (χ2v) is 6.92. The van der Waals surface area contributed by atoms with E-state index in [1.165, 1.54) is 6.92 Å². The minimum atomic E-state index is -0.532. The van der Waals surface area contributed by atoms with Gasteiger partial charge in [0.05, 0.1) is 18.2 Å². The average Bonchev–Trinajstić information content (AvgIpc) is 2.73. The van der Waals surface area contributed by atoms with Crippen LogP contribution in [0.1, 0.15) is 45.7 Å². The summed E-state index contributed by atoms with van der Waals surface area (Å²) < 4.78 is 5.45. The fraction of sp³-hybridized carbons (Fsp3) is 0.368. The van der Waals surface area contributed by atoms with Crippen LogP contribution in [0.25, 0.3) is 10.8 Å². The van der Waals surface area contributed by atoms with Crippen LogP contribution in [0.15, 0.2) is 36.4 Å². The zero-order chi connectivity index (χ0) is 16.8.